The Morgan fingerprint density at radius 1 is 1.10 bits per heavy atom. The normalized spacial score (nSPS) is 10.4. The highest BCUT2D eigenvalue weighted by Crippen LogP contribution is 2.32. The fourth-order valence-corrected chi connectivity index (χ4v) is 3.15. The number of carbonyl (C=O) groups is 1. The van der Waals surface area contributed by atoms with Crippen LogP contribution in [-0.2, 0) is 0 Å². The van der Waals surface area contributed by atoms with Gasteiger partial charge >= 0.3 is 0 Å². The first-order valence-electron chi connectivity index (χ1n) is 6.01. The molecular formula is C15H14Br2N2O. The van der Waals surface area contributed by atoms with Crippen molar-refractivity contribution in [2.75, 3.05) is 11.1 Å². The molecule has 0 bridgehead atoms. The lowest BCUT2D eigenvalue weighted by molar-refractivity contribution is 0.102. The quantitative estimate of drug-likeness (QED) is 0.723. The second-order valence-corrected chi connectivity index (χ2v) is 6.38. The molecule has 20 heavy (non-hydrogen) atoms. The Bertz CT molecular complexity index is 661. The minimum atomic E-state index is -0.178. The third-order valence-corrected chi connectivity index (χ3v) is 4.18. The summed E-state index contributed by atoms with van der Waals surface area (Å²) in [5, 5.41) is 2.84. The Labute approximate surface area is 134 Å². The van der Waals surface area contributed by atoms with Crippen LogP contribution in [-0.4, -0.2) is 5.91 Å². The van der Waals surface area contributed by atoms with Gasteiger partial charge in [0, 0.05) is 14.5 Å². The molecule has 2 rings (SSSR count). The van der Waals surface area contributed by atoms with Crippen LogP contribution in [0.15, 0.2) is 39.3 Å². The van der Waals surface area contributed by atoms with Crippen LogP contribution in [0.1, 0.15) is 21.5 Å². The number of amides is 1. The maximum absolute atomic E-state index is 12.3. The Kier molecular flexibility index (Phi) is 4.50. The van der Waals surface area contributed by atoms with Crippen molar-refractivity contribution in [1.29, 1.82) is 0 Å². The van der Waals surface area contributed by atoms with Gasteiger partial charge in [0.1, 0.15) is 0 Å². The lowest BCUT2D eigenvalue weighted by Gasteiger charge is -2.12. The van der Waals surface area contributed by atoms with Crippen LogP contribution in [0.2, 0.25) is 0 Å². The first-order chi connectivity index (χ1) is 9.38. The molecule has 104 valence electrons. The van der Waals surface area contributed by atoms with Gasteiger partial charge in [0.15, 0.2) is 0 Å². The summed E-state index contributed by atoms with van der Waals surface area (Å²) in [4.78, 5) is 12.3. The number of nitrogens with one attached hydrogen (secondary N) is 1. The highest BCUT2D eigenvalue weighted by molar-refractivity contribution is 9.11. The van der Waals surface area contributed by atoms with Crippen molar-refractivity contribution < 1.29 is 4.79 Å². The largest absolute Gasteiger partial charge is 0.397 e. The van der Waals surface area contributed by atoms with Gasteiger partial charge < -0.3 is 11.1 Å². The fraction of sp³-hybridized carbons (Fsp3) is 0.133. The number of anilines is 2. The molecule has 0 aliphatic rings. The zero-order chi connectivity index (χ0) is 14.9. The number of benzene rings is 2. The number of aryl methyl sites for hydroxylation is 2. The Balaban J connectivity index is 2.30. The maximum atomic E-state index is 12.3. The second-order valence-electron chi connectivity index (χ2n) is 4.61. The molecule has 0 aliphatic heterocycles. The standard InChI is InChI=1S/C15H14Br2N2O/c1-8-3-4-10(5-9(8)2)15(20)19-14-12(17)6-11(16)7-13(14)18/h3-7H,18H2,1-2H3,(H,19,20). The van der Waals surface area contributed by atoms with Gasteiger partial charge in [-0.05, 0) is 65.2 Å². The smallest absolute Gasteiger partial charge is 0.255 e. The summed E-state index contributed by atoms with van der Waals surface area (Å²) < 4.78 is 1.59. The molecule has 5 heteroatoms. The van der Waals surface area contributed by atoms with Gasteiger partial charge in [-0.25, -0.2) is 0 Å². The lowest BCUT2D eigenvalue weighted by atomic mass is 10.1. The van der Waals surface area contributed by atoms with Crippen LogP contribution in [0.25, 0.3) is 0 Å². The van der Waals surface area contributed by atoms with E-state index in [1.165, 1.54) is 0 Å². The first kappa shape index (κ1) is 15.1. The van der Waals surface area contributed by atoms with Gasteiger partial charge in [-0.2, -0.15) is 0 Å². The molecular weight excluding hydrogens is 384 g/mol. The van der Waals surface area contributed by atoms with Crippen LogP contribution >= 0.6 is 31.9 Å². The van der Waals surface area contributed by atoms with Crippen LogP contribution in [0.3, 0.4) is 0 Å². The van der Waals surface area contributed by atoms with Gasteiger partial charge in [-0.1, -0.05) is 22.0 Å². The summed E-state index contributed by atoms with van der Waals surface area (Å²) in [7, 11) is 0. The molecule has 0 radical (unpaired) electrons. The number of carbonyl (C=O) groups excluding carboxylic acids is 1. The average molecular weight is 398 g/mol. The van der Waals surface area contributed by atoms with Crippen molar-refractivity contribution in [3.8, 4) is 0 Å². The zero-order valence-corrected chi connectivity index (χ0v) is 14.3. The molecule has 0 fully saturated rings. The van der Waals surface area contributed by atoms with Crippen molar-refractivity contribution >= 4 is 49.1 Å². The van der Waals surface area contributed by atoms with Crippen LogP contribution in [0, 0.1) is 13.8 Å². The molecule has 0 unspecified atom stereocenters. The van der Waals surface area contributed by atoms with Gasteiger partial charge in [0.05, 0.1) is 11.4 Å². The van der Waals surface area contributed by atoms with E-state index in [4.69, 9.17) is 5.73 Å². The van der Waals surface area contributed by atoms with E-state index < -0.39 is 0 Å². The fourth-order valence-electron chi connectivity index (χ4n) is 1.79. The average Bonchev–Trinajstić information content (AvgIpc) is 2.36. The minimum absolute atomic E-state index is 0.178. The van der Waals surface area contributed by atoms with Crippen LogP contribution in [0.4, 0.5) is 11.4 Å². The predicted molar refractivity (Wildman–Crippen MR) is 90.1 cm³/mol. The molecule has 0 saturated carbocycles. The van der Waals surface area contributed by atoms with Gasteiger partial charge in [-0.3, -0.25) is 4.79 Å². The Morgan fingerprint density at radius 3 is 2.40 bits per heavy atom. The monoisotopic (exact) mass is 396 g/mol. The van der Waals surface area contributed by atoms with Crippen molar-refractivity contribution in [2.24, 2.45) is 0 Å². The van der Waals surface area contributed by atoms with E-state index in [2.05, 4.69) is 37.2 Å². The zero-order valence-electron chi connectivity index (χ0n) is 11.1. The van der Waals surface area contributed by atoms with Crippen molar-refractivity contribution in [2.45, 2.75) is 13.8 Å². The summed E-state index contributed by atoms with van der Waals surface area (Å²) in [6, 6.07) is 9.20. The highest BCUT2D eigenvalue weighted by Gasteiger charge is 2.12. The summed E-state index contributed by atoms with van der Waals surface area (Å²) in [5.41, 5.74) is 9.87. The van der Waals surface area contributed by atoms with E-state index in [1.807, 2.05) is 32.0 Å². The lowest BCUT2D eigenvalue weighted by Crippen LogP contribution is -2.14. The molecule has 3 nitrogen and oxygen atoms in total. The number of hydrogen-bond acceptors (Lipinski definition) is 2. The van der Waals surface area contributed by atoms with Crippen LogP contribution < -0.4 is 11.1 Å². The molecule has 1 amide bonds. The van der Waals surface area contributed by atoms with E-state index in [0.717, 1.165) is 20.1 Å². The van der Waals surface area contributed by atoms with E-state index in [9.17, 15) is 4.79 Å². The number of rotatable bonds is 2. The molecule has 0 spiro atoms. The molecule has 3 N–H and O–H groups in total. The van der Waals surface area contributed by atoms with E-state index in [-0.39, 0.29) is 5.91 Å². The van der Waals surface area contributed by atoms with Gasteiger partial charge in [-0.15, -0.1) is 0 Å². The topological polar surface area (TPSA) is 55.1 Å². The molecule has 0 aliphatic carbocycles. The van der Waals surface area contributed by atoms with Crippen LogP contribution in [0.5, 0.6) is 0 Å². The third kappa shape index (κ3) is 3.22. The van der Waals surface area contributed by atoms with E-state index in [1.54, 1.807) is 12.1 Å². The predicted octanol–water partition coefficient (Wildman–Crippen LogP) is 4.66. The summed E-state index contributed by atoms with van der Waals surface area (Å²) in [6.07, 6.45) is 0. The summed E-state index contributed by atoms with van der Waals surface area (Å²) in [6.45, 7) is 4.00. The number of hydrogen-bond donors (Lipinski definition) is 2. The first-order valence-corrected chi connectivity index (χ1v) is 7.60. The number of nitrogen functional groups attached to an aromatic ring is 1. The summed E-state index contributed by atoms with van der Waals surface area (Å²) >= 11 is 6.75. The molecule has 0 saturated heterocycles. The number of halogens is 2. The molecule has 0 aromatic heterocycles. The Hall–Kier alpha value is -1.33. The molecule has 0 atom stereocenters. The third-order valence-electron chi connectivity index (χ3n) is 3.09. The summed E-state index contributed by atoms with van der Waals surface area (Å²) in [5.74, 6) is -0.178. The highest BCUT2D eigenvalue weighted by atomic mass is 79.9. The Morgan fingerprint density at radius 2 is 1.80 bits per heavy atom. The molecule has 2 aromatic carbocycles. The minimum Gasteiger partial charge on any atom is -0.397 e. The number of nitrogens with two attached hydrogens (primary N) is 1. The molecule has 0 heterocycles. The maximum Gasteiger partial charge on any atom is 0.255 e. The van der Waals surface area contributed by atoms with Gasteiger partial charge in [0.2, 0.25) is 0 Å². The van der Waals surface area contributed by atoms with Crippen molar-refractivity contribution in [1.82, 2.24) is 0 Å². The molecule has 2 aromatic rings. The van der Waals surface area contributed by atoms with Gasteiger partial charge in [0.25, 0.3) is 5.91 Å². The van der Waals surface area contributed by atoms with Crippen molar-refractivity contribution in [3.63, 3.8) is 0 Å². The SMILES string of the molecule is Cc1ccc(C(=O)Nc2c(N)cc(Br)cc2Br)cc1C. The second kappa shape index (κ2) is 5.97. The van der Waals surface area contributed by atoms with Crippen molar-refractivity contribution in [3.05, 3.63) is 56.0 Å². The van der Waals surface area contributed by atoms with E-state index in [0.29, 0.717) is 16.9 Å². The van der Waals surface area contributed by atoms with E-state index >= 15 is 0 Å².